The van der Waals surface area contributed by atoms with Crippen molar-refractivity contribution in [2.24, 2.45) is 0 Å². The van der Waals surface area contributed by atoms with Gasteiger partial charge in [-0.25, -0.2) is 8.78 Å². The molecule has 276 valence electrons. The predicted octanol–water partition coefficient (Wildman–Crippen LogP) is 9.59. The van der Waals surface area contributed by atoms with Gasteiger partial charge in [0.15, 0.2) is 17.4 Å². The van der Waals surface area contributed by atoms with Crippen molar-refractivity contribution in [1.29, 1.82) is 0 Å². The molecule has 0 spiro atoms. The summed E-state index contributed by atoms with van der Waals surface area (Å²) in [5.74, 6) is -2.09. The van der Waals surface area contributed by atoms with Crippen molar-refractivity contribution in [3.05, 3.63) is 125 Å². The molecular weight excluding hydrogens is 673 g/mol. The van der Waals surface area contributed by atoms with E-state index >= 15 is 0 Å². The van der Waals surface area contributed by atoms with Crippen LogP contribution in [-0.4, -0.2) is 60.3 Å². The average molecular weight is 720 g/mol. The zero-order valence-corrected chi connectivity index (χ0v) is 29.8. The summed E-state index contributed by atoms with van der Waals surface area (Å²) in [6, 6.07) is 23.4. The van der Waals surface area contributed by atoms with Crippen LogP contribution in [0.2, 0.25) is 0 Å². The number of anilines is 1. The van der Waals surface area contributed by atoms with Crippen molar-refractivity contribution in [1.82, 2.24) is 9.80 Å². The fraction of sp³-hybridized carbons (Fsp3) is 0.381. The van der Waals surface area contributed by atoms with Gasteiger partial charge in [0.1, 0.15) is 0 Å². The third-order valence-corrected chi connectivity index (χ3v) is 9.87. The van der Waals surface area contributed by atoms with E-state index in [2.05, 4.69) is 4.90 Å². The molecular formula is C42H46F5N3O2. The highest BCUT2D eigenvalue weighted by molar-refractivity contribution is 6.00. The smallest absolute Gasteiger partial charge is 0.359 e. The fourth-order valence-corrected chi connectivity index (χ4v) is 6.84. The number of carbonyl (C=O) groups is 2. The number of amides is 1. The predicted molar refractivity (Wildman–Crippen MR) is 195 cm³/mol. The standard InChI is InChI=1S/C42H46F5N3O2/c1-30(14-17-35-10-8-12-38(43)41(35)44)50(39-13-5-4-11-37(39)31(2)51)29-40(52)49(27-9-26-48-24-6-3-7-25-48)28-32-15-18-33(19-16-32)34-20-22-36(23-21-34)42(45,46)47/h4-5,8,10-13,15-16,18-23,30H,3,6-7,9,14,17,24-29H2,1-2H3. The van der Waals surface area contributed by atoms with E-state index in [1.165, 1.54) is 31.5 Å². The Morgan fingerprint density at radius 2 is 1.48 bits per heavy atom. The number of piperidine rings is 1. The number of ketones is 1. The molecule has 0 radical (unpaired) electrons. The molecule has 1 amide bonds. The van der Waals surface area contributed by atoms with Gasteiger partial charge in [-0.1, -0.05) is 67.1 Å². The molecule has 0 saturated carbocycles. The number of hydrogen-bond acceptors (Lipinski definition) is 4. The molecule has 52 heavy (non-hydrogen) atoms. The molecule has 1 atom stereocenters. The van der Waals surface area contributed by atoms with Gasteiger partial charge in [0.05, 0.1) is 12.1 Å². The van der Waals surface area contributed by atoms with Crippen molar-refractivity contribution in [2.75, 3.05) is 37.6 Å². The zero-order valence-electron chi connectivity index (χ0n) is 29.8. The van der Waals surface area contributed by atoms with Crippen LogP contribution in [0.5, 0.6) is 0 Å². The van der Waals surface area contributed by atoms with Gasteiger partial charge in [-0.15, -0.1) is 0 Å². The van der Waals surface area contributed by atoms with Crippen LogP contribution in [0.25, 0.3) is 11.1 Å². The quantitative estimate of drug-likeness (QED) is 0.0907. The minimum absolute atomic E-state index is 0.0373. The van der Waals surface area contributed by atoms with Gasteiger partial charge < -0.3 is 14.7 Å². The summed E-state index contributed by atoms with van der Waals surface area (Å²) in [6.07, 6.45) is 0.556. The number of rotatable bonds is 15. The Morgan fingerprint density at radius 3 is 2.13 bits per heavy atom. The van der Waals surface area contributed by atoms with Crippen LogP contribution in [-0.2, 0) is 23.9 Å². The third-order valence-electron chi connectivity index (χ3n) is 9.87. The SMILES string of the molecule is CC(=O)c1ccccc1N(CC(=O)N(CCCN1CCCCC1)Cc1ccc(-c2ccc(C(F)(F)F)cc2)cc1)C(C)CCc1cccc(F)c1F. The first-order valence-electron chi connectivity index (χ1n) is 18.0. The largest absolute Gasteiger partial charge is 0.416 e. The first-order chi connectivity index (χ1) is 24.9. The van der Waals surface area contributed by atoms with Crippen molar-refractivity contribution < 1.29 is 31.5 Å². The van der Waals surface area contributed by atoms with E-state index in [1.54, 1.807) is 18.2 Å². The molecule has 10 heteroatoms. The summed E-state index contributed by atoms with van der Waals surface area (Å²) in [5, 5.41) is 0. The highest BCUT2D eigenvalue weighted by atomic mass is 19.4. The maximum atomic E-state index is 14.6. The first kappa shape index (κ1) is 38.7. The number of benzene rings is 4. The molecule has 1 aliphatic heterocycles. The van der Waals surface area contributed by atoms with Crippen LogP contribution in [0.15, 0.2) is 91.0 Å². The van der Waals surface area contributed by atoms with Gasteiger partial charge in [-0.2, -0.15) is 13.2 Å². The Bertz CT molecular complexity index is 1790. The summed E-state index contributed by atoms with van der Waals surface area (Å²) in [7, 11) is 0. The maximum absolute atomic E-state index is 14.6. The summed E-state index contributed by atoms with van der Waals surface area (Å²) in [4.78, 5) is 33.2. The second kappa shape index (κ2) is 17.8. The molecule has 1 aliphatic rings. The number of Topliss-reactive ketones (excluding diaryl/α,β-unsaturated/α-hetero) is 1. The Kier molecular flexibility index (Phi) is 13.2. The fourth-order valence-electron chi connectivity index (χ4n) is 6.84. The van der Waals surface area contributed by atoms with E-state index < -0.39 is 23.4 Å². The molecule has 0 aliphatic carbocycles. The Labute approximate surface area is 303 Å². The monoisotopic (exact) mass is 719 g/mol. The Morgan fingerprint density at radius 1 is 0.827 bits per heavy atom. The highest BCUT2D eigenvalue weighted by Gasteiger charge is 2.30. The Hall–Kier alpha value is -4.57. The number of alkyl halides is 3. The molecule has 1 fully saturated rings. The van der Waals surface area contributed by atoms with E-state index in [4.69, 9.17) is 0 Å². The number of likely N-dealkylation sites (tertiary alicyclic amines) is 1. The van der Waals surface area contributed by atoms with Gasteiger partial charge >= 0.3 is 6.18 Å². The van der Waals surface area contributed by atoms with E-state index in [9.17, 15) is 31.5 Å². The van der Waals surface area contributed by atoms with Crippen molar-refractivity contribution in [3.8, 4) is 11.1 Å². The summed E-state index contributed by atoms with van der Waals surface area (Å²) in [6.45, 7) is 7.12. The minimum Gasteiger partial charge on any atom is -0.359 e. The van der Waals surface area contributed by atoms with E-state index in [-0.39, 0.29) is 36.3 Å². The molecule has 5 nitrogen and oxygen atoms in total. The van der Waals surface area contributed by atoms with E-state index in [0.717, 1.165) is 68.2 Å². The molecule has 0 bridgehead atoms. The lowest BCUT2D eigenvalue weighted by molar-refractivity contribution is -0.137. The normalized spacial score (nSPS) is 14.2. The van der Waals surface area contributed by atoms with Crippen LogP contribution < -0.4 is 4.90 Å². The summed E-state index contributed by atoms with van der Waals surface area (Å²) >= 11 is 0. The second-order valence-corrected chi connectivity index (χ2v) is 13.6. The van der Waals surface area contributed by atoms with Crippen molar-refractivity contribution in [3.63, 3.8) is 0 Å². The van der Waals surface area contributed by atoms with E-state index in [1.807, 2.05) is 53.1 Å². The molecule has 4 aromatic carbocycles. The lowest BCUT2D eigenvalue weighted by Gasteiger charge is -2.35. The van der Waals surface area contributed by atoms with Gasteiger partial charge in [0.2, 0.25) is 5.91 Å². The number of halogens is 5. The molecule has 5 rings (SSSR count). The molecule has 0 aromatic heterocycles. The summed E-state index contributed by atoms with van der Waals surface area (Å²) in [5.41, 5.74) is 2.89. The second-order valence-electron chi connectivity index (χ2n) is 13.6. The highest BCUT2D eigenvalue weighted by Crippen LogP contribution is 2.31. The van der Waals surface area contributed by atoms with E-state index in [0.29, 0.717) is 36.3 Å². The molecule has 1 heterocycles. The van der Waals surface area contributed by atoms with Gasteiger partial charge in [-0.3, -0.25) is 9.59 Å². The number of carbonyl (C=O) groups excluding carboxylic acids is 2. The topological polar surface area (TPSA) is 43.9 Å². The van der Waals surface area contributed by atoms with Crippen LogP contribution >= 0.6 is 0 Å². The molecule has 1 unspecified atom stereocenters. The number of para-hydroxylation sites is 1. The summed E-state index contributed by atoms with van der Waals surface area (Å²) < 4.78 is 67.8. The van der Waals surface area contributed by atoms with Gasteiger partial charge in [0, 0.05) is 30.4 Å². The van der Waals surface area contributed by atoms with Crippen LogP contribution in [0.3, 0.4) is 0 Å². The maximum Gasteiger partial charge on any atom is 0.416 e. The number of aryl methyl sites for hydroxylation is 1. The number of nitrogens with zero attached hydrogens (tertiary/aromatic N) is 3. The first-order valence-corrected chi connectivity index (χ1v) is 18.0. The molecule has 0 N–H and O–H groups in total. The number of hydrogen-bond donors (Lipinski definition) is 0. The van der Waals surface area contributed by atoms with Crippen LogP contribution in [0, 0.1) is 11.6 Å². The average Bonchev–Trinajstić information content (AvgIpc) is 3.14. The van der Waals surface area contributed by atoms with Gasteiger partial charge in [-0.05, 0) is 118 Å². The third kappa shape index (κ3) is 10.3. The lowest BCUT2D eigenvalue weighted by atomic mass is 10.0. The van der Waals surface area contributed by atoms with Gasteiger partial charge in [0.25, 0.3) is 0 Å². The molecule has 1 saturated heterocycles. The van der Waals surface area contributed by atoms with Crippen molar-refractivity contribution >= 4 is 17.4 Å². The van der Waals surface area contributed by atoms with Crippen molar-refractivity contribution in [2.45, 2.75) is 71.1 Å². The Balaban J connectivity index is 1.37. The lowest BCUT2D eigenvalue weighted by Crippen LogP contribution is -2.45. The zero-order chi connectivity index (χ0) is 37.3. The van der Waals surface area contributed by atoms with Crippen LogP contribution in [0.1, 0.15) is 73.0 Å². The molecule has 4 aromatic rings. The minimum atomic E-state index is -4.41. The van der Waals surface area contributed by atoms with Crippen LogP contribution in [0.4, 0.5) is 27.6 Å².